The summed E-state index contributed by atoms with van der Waals surface area (Å²) >= 11 is 1.68. The lowest BCUT2D eigenvalue weighted by atomic mass is 10.3. The van der Waals surface area contributed by atoms with E-state index in [1.54, 1.807) is 11.3 Å². The Hall–Kier alpha value is -0.980. The predicted molar refractivity (Wildman–Crippen MR) is 77.4 cm³/mol. The molecule has 1 saturated heterocycles. The Kier molecular flexibility index (Phi) is 5.30. The normalized spacial score (nSPS) is 18.2. The summed E-state index contributed by atoms with van der Waals surface area (Å²) in [5.41, 5.74) is 0. The number of aromatic nitrogens is 1. The molecular weight excluding hydrogens is 260 g/mol. The average Bonchev–Trinajstić information content (AvgIpc) is 2.88. The fourth-order valence-corrected chi connectivity index (χ4v) is 2.97. The Balaban J connectivity index is 1.80. The molecule has 0 aromatic carbocycles. The highest BCUT2D eigenvalue weighted by Crippen LogP contribution is 2.20. The van der Waals surface area contributed by atoms with E-state index in [2.05, 4.69) is 27.4 Å². The lowest BCUT2D eigenvalue weighted by Crippen LogP contribution is -2.47. The number of hydrogen-bond acceptors (Lipinski definition) is 5. The van der Waals surface area contributed by atoms with Crippen molar-refractivity contribution in [3.63, 3.8) is 0 Å². The number of thiazole rings is 1. The van der Waals surface area contributed by atoms with E-state index in [4.69, 9.17) is 0 Å². The van der Waals surface area contributed by atoms with Crippen molar-refractivity contribution < 1.29 is 4.79 Å². The molecule has 5 nitrogen and oxygen atoms in total. The Morgan fingerprint density at radius 3 is 2.95 bits per heavy atom. The smallest absolute Gasteiger partial charge is 0.234 e. The highest BCUT2D eigenvalue weighted by atomic mass is 32.1. The molecule has 0 spiro atoms. The SMILES string of the molecule is CCc1cnc(C(C)NC(=O)CN2CCNCC2)s1. The molecule has 1 aliphatic heterocycles. The molecule has 106 valence electrons. The van der Waals surface area contributed by atoms with Crippen LogP contribution in [-0.4, -0.2) is 48.5 Å². The van der Waals surface area contributed by atoms with E-state index in [0.29, 0.717) is 6.54 Å². The first kappa shape index (κ1) is 14.4. The van der Waals surface area contributed by atoms with E-state index in [-0.39, 0.29) is 11.9 Å². The number of aryl methyl sites for hydroxylation is 1. The molecule has 1 fully saturated rings. The minimum Gasteiger partial charge on any atom is -0.346 e. The van der Waals surface area contributed by atoms with Crippen LogP contribution in [0.5, 0.6) is 0 Å². The van der Waals surface area contributed by atoms with E-state index >= 15 is 0 Å². The quantitative estimate of drug-likeness (QED) is 0.838. The molecule has 1 amide bonds. The predicted octanol–water partition coefficient (Wildman–Crippen LogP) is 0.788. The van der Waals surface area contributed by atoms with E-state index in [9.17, 15) is 4.79 Å². The van der Waals surface area contributed by atoms with Gasteiger partial charge < -0.3 is 10.6 Å². The van der Waals surface area contributed by atoms with Gasteiger partial charge in [-0.1, -0.05) is 6.92 Å². The van der Waals surface area contributed by atoms with Crippen LogP contribution >= 0.6 is 11.3 Å². The third kappa shape index (κ3) is 4.26. The minimum atomic E-state index is 0.000663. The number of nitrogens with one attached hydrogen (secondary N) is 2. The lowest BCUT2D eigenvalue weighted by Gasteiger charge is -2.26. The third-order valence-electron chi connectivity index (χ3n) is 3.24. The zero-order valence-electron chi connectivity index (χ0n) is 11.6. The van der Waals surface area contributed by atoms with Gasteiger partial charge in [0.15, 0.2) is 0 Å². The van der Waals surface area contributed by atoms with E-state index in [0.717, 1.165) is 37.6 Å². The zero-order valence-corrected chi connectivity index (χ0v) is 12.4. The second kappa shape index (κ2) is 6.98. The summed E-state index contributed by atoms with van der Waals surface area (Å²) in [6.07, 6.45) is 2.90. The number of rotatable bonds is 5. The van der Waals surface area contributed by atoms with Crippen molar-refractivity contribution in [2.75, 3.05) is 32.7 Å². The molecule has 2 heterocycles. The molecule has 1 aliphatic rings. The Bertz CT molecular complexity index is 415. The van der Waals surface area contributed by atoms with Crippen LogP contribution in [-0.2, 0) is 11.2 Å². The highest BCUT2D eigenvalue weighted by molar-refractivity contribution is 7.11. The van der Waals surface area contributed by atoms with Gasteiger partial charge in [0, 0.05) is 37.3 Å². The van der Waals surface area contributed by atoms with Crippen molar-refractivity contribution in [3.8, 4) is 0 Å². The van der Waals surface area contributed by atoms with Gasteiger partial charge in [-0.15, -0.1) is 11.3 Å². The molecule has 0 radical (unpaired) electrons. The van der Waals surface area contributed by atoms with Crippen molar-refractivity contribution in [3.05, 3.63) is 16.1 Å². The van der Waals surface area contributed by atoms with Gasteiger partial charge in [-0.25, -0.2) is 4.98 Å². The van der Waals surface area contributed by atoms with Gasteiger partial charge in [0.25, 0.3) is 0 Å². The van der Waals surface area contributed by atoms with Crippen molar-refractivity contribution >= 4 is 17.2 Å². The highest BCUT2D eigenvalue weighted by Gasteiger charge is 2.17. The van der Waals surface area contributed by atoms with Crippen LogP contribution < -0.4 is 10.6 Å². The van der Waals surface area contributed by atoms with Crippen LogP contribution in [0.1, 0.15) is 29.8 Å². The Morgan fingerprint density at radius 2 is 2.32 bits per heavy atom. The molecule has 0 aliphatic carbocycles. The average molecular weight is 282 g/mol. The maximum absolute atomic E-state index is 12.0. The summed E-state index contributed by atoms with van der Waals surface area (Å²) < 4.78 is 0. The van der Waals surface area contributed by atoms with Crippen molar-refractivity contribution in [1.82, 2.24) is 20.5 Å². The standard InChI is InChI=1S/C13H22N4OS/c1-3-11-8-15-13(19-11)10(2)16-12(18)9-17-6-4-14-5-7-17/h8,10,14H,3-7,9H2,1-2H3,(H,16,18). The van der Waals surface area contributed by atoms with Gasteiger partial charge in [-0.2, -0.15) is 0 Å². The third-order valence-corrected chi connectivity index (χ3v) is 4.57. The molecule has 1 unspecified atom stereocenters. The Labute approximate surface area is 118 Å². The summed E-state index contributed by atoms with van der Waals surface area (Å²) in [6.45, 7) is 8.42. The zero-order chi connectivity index (χ0) is 13.7. The number of amides is 1. The molecular formula is C13H22N4OS. The van der Waals surface area contributed by atoms with Gasteiger partial charge in [-0.05, 0) is 13.3 Å². The molecule has 0 saturated carbocycles. The summed E-state index contributed by atoms with van der Waals surface area (Å²) in [5.74, 6) is 0.0858. The topological polar surface area (TPSA) is 57.3 Å². The second-order valence-electron chi connectivity index (χ2n) is 4.83. The van der Waals surface area contributed by atoms with Crippen molar-refractivity contribution in [2.24, 2.45) is 0 Å². The largest absolute Gasteiger partial charge is 0.346 e. The van der Waals surface area contributed by atoms with Crippen molar-refractivity contribution in [2.45, 2.75) is 26.3 Å². The molecule has 1 aromatic heterocycles. The monoisotopic (exact) mass is 282 g/mol. The van der Waals surface area contributed by atoms with E-state index < -0.39 is 0 Å². The van der Waals surface area contributed by atoms with Gasteiger partial charge in [0.1, 0.15) is 5.01 Å². The van der Waals surface area contributed by atoms with Crippen molar-refractivity contribution in [1.29, 1.82) is 0 Å². The minimum absolute atomic E-state index is 0.000663. The number of hydrogen-bond donors (Lipinski definition) is 2. The number of nitrogens with zero attached hydrogens (tertiary/aromatic N) is 2. The number of piperazine rings is 1. The molecule has 2 N–H and O–H groups in total. The van der Waals surface area contributed by atoms with Crippen LogP contribution in [0.25, 0.3) is 0 Å². The molecule has 6 heteroatoms. The Morgan fingerprint density at radius 1 is 1.58 bits per heavy atom. The van der Waals surface area contributed by atoms with Gasteiger partial charge in [0.2, 0.25) is 5.91 Å². The van der Waals surface area contributed by atoms with Crippen LogP contribution in [0.15, 0.2) is 6.20 Å². The fourth-order valence-electron chi connectivity index (χ4n) is 2.11. The number of carbonyl (C=O) groups is 1. The summed E-state index contributed by atoms with van der Waals surface area (Å²) in [4.78, 5) is 19.8. The number of carbonyl (C=O) groups excluding carboxylic acids is 1. The van der Waals surface area contributed by atoms with Crippen LogP contribution in [0.2, 0.25) is 0 Å². The fraction of sp³-hybridized carbons (Fsp3) is 0.692. The maximum Gasteiger partial charge on any atom is 0.234 e. The summed E-state index contributed by atoms with van der Waals surface area (Å²) in [7, 11) is 0. The van der Waals surface area contributed by atoms with Crippen LogP contribution in [0.4, 0.5) is 0 Å². The maximum atomic E-state index is 12.0. The second-order valence-corrected chi connectivity index (χ2v) is 5.98. The molecule has 2 rings (SSSR count). The molecule has 19 heavy (non-hydrogen) atoms. The van der Waals surface area contributed by atoms with E-state index in [1.807, 2.05) is 13.1 Å². The molecule has 0 bridgehead atoms. The first-order valence-corrected chi connectivity index (χ1v) is 7.67. The summed E-state index contributed by atoms with van der Waals surface area (Å²) in [6, 6.07) is 0.000663. The van der Waals surface area contributed by atoms with E-state index in [1.165, 1.54) is 4.88 Å². The molecule has 1 aromatic rings. The molecule has 1 atom stereocenters. The summed E-state index contributed by atoms with van der Waals surface area (Å²) in [5, 5.41) is 7.30. The van der Waals surface area contributed by atoms with Crippen LogP contribution in [0.3, 0.4) is 0 Å². The van der Waals surface area contributed by atoms with Gasteiger partial charge >= 0.3 is 0 Å². The first-order chi connectivity index (χ1) is 9.19. The van der Waals surface area contributed by atoms with Crippen LogP contribution in [0, 0.1) is 0 Å². The van der Waals surface area contributed by atoms with Gasteiger partial charge in [-0.3, -0.25) is 9.69 Å². The first-order valence-electron chi connectivity index (χ1n) is 6.86. The lowest BCUT2D eigenvalue weighted by molar-refractivity contribution is -0.123. The van der Waals surface area contributed by atoms with Gasteiger partial charge in [0.05, 0.1) is 12.6 Å².